The van der Waals surface area contributed by atoms with Crippen LogP contribution in [0.2, 0.25) is 0 Å². The minimum Gasteiger partial charge on any atom is -0.423 e. The lowest BCUT2D eigenvalue weighted by Crippen LogP contribution is -2.18. The van der Waals surface area contributed by atoms with Gasteiger partial charge in [-0.25, -0.2) is 15.0 Å². The molecule has 0 heterocycles. The van der Waals surface area contributed by atoms with Crippen LogP contribution in [0.15, 0.2) is 133 Å². The Morgan fingerprint density at radius 3 is 1.96 bits per heavy atom. The van der Waals surface area contributed by atoms with Crippen LogP contribution < -0.4 is 20.2 Å². The second-order valence-corrected chi connectivity index (χ2v) is 10.7. The van der Waals surface area contributed by atoms with Gasteiger partial charge >= 0.3 is 11.9 Å². The molecule has 0 bridgehead atoms. The van der Waals surface area contributed by atoms with Crippen molar-refractivity contribution in [3.63, 3.8) is 0 Å². The van der Waals surface area contributed by atoms with Crippen molar-refractivity contribution >= 4 is 41.7 Å². The average Bonchev–Trinajstić information content (AvgIpc) is 3.09. The molecule has 5 aromatic carbocycles. The van der Waals surface area contributed by atoms with E-state index in [0.717, 1.165) is 11.1 Å². The molecule has 9 heteroatoms. The van der Waals surface area contributed by atoms with E-state index in [4.69, 9.17) is 9.47 Å². The zero-order valence-corrected chi connectivity index (χ0v) is 26.2. The van der Waals surface area contributed by atoms with E-state index in [0.29, 0.717) is 33.5 Å². The number of hydrogen-bond acceptors (Lipinski definition) is 7. The molecule has 0 aliphatic heterocycles. The number of benzene rings is 5. The van der Waals surface area contributed by atoms with Gasteiger partial charge in [0, 0.05) is 34.0 Å². The summed E-state index contributed by atoms with van der Waals surface area (Å²) < 4.78 is 11.1. The molecule has 238 valence electrons. The first-order valence-electron chi connectivity index (χ1n) is 14.9. The number of amides is 2. The molecule has 0 aromatic heterocycles. The normalized spacial score (nSPS) is 10.9. The van der Waals surface area contributed by atoms with E-state index in [1.165, 1.54) is 18.4 Å². The van der Waals surface area contributed by atoms with Crippen LogP contribution in [0.25, 0.3) is 6.08 Å². The Morgan fingerprint density at radius 1 is 0.604 bits per heavy atom. The monoisotopic (exact) mass is 637 g/mol. The van der Waals surface area contributed by atoms with Gasteiger partial charge in [0.05, 0.1) is 11.8 Å². The number of esters is 2. The highest BCUT2D eigenvalue weighted by Crippen LogP contribution is 2.22. The summed E-state index contributed by atoms with van der Waals surface area (Å²) in [6, 6.07) is 34.2. The van der Waals surface area contributed by atoms with E-state index < -0.39 is 17.8 Å². The summed E-state index contributed by atoms with van der Waals surface area (Å²) in [6.45, 7) is 3.84. The first-order chi connectivity index (χ1) is 23.2. The Kier molecular flexibility index (Phi) is 10.6. The van der Waals surface area contributed by atoms with Crippen LogP contribution in [0.3, 0.4) is 0 Å². The van der Waals surface area contributed by atoms with Gasteiger partial charge < -0.3 is 14.8 Å². The molecule has 48 heavy (non-hydrogen) atoms. The van der Waals surface area contributed by atoms with Crippen LogP contribution in [0.1, 0.15) is 53.3 Å². The van der Waals surface area contributed by atoms with Gasteiger partial charge in [-0.05, 0) is 86.7 Å². The van der Waals surface area contributed by atoms with Crippen molar-refractivity contribution in [3.8, 4) is 11.5 Å². The number of rotatable bonds is 10. The van der Waals surface area contributed by atoms with E-state index in [2.05, 4.69) is 15.8 Å². The molecule has 0 fully saturated rings. The fourth-order valence-corrected chi connectivity index (χ4v) is 4.46. The first kappa shape index (κ1) is 32.8. The van der Waals surface area contributed by atoms with Gasteiger partial charge in [-0.15, -0.1) is 0 Å². The Morgan fingerprint density at radius 2 is 1.25 bits per heavy atom. The number of carbonyl (C=O) groups excluding carboxylic acids is 4. The predicted octanol–water partition coefficient (Wildman–Crippen LogP) is 7.16. The fourth-order valence-electron chi connectivity index (χ4n) is 4.46. The van der Waals surface area contributed by atoms with Gasteiger partial charge in [-0.1, -0.05) is 65.7 Å². The zero-order valence-electron chi connectivity index (χ0n) is 26.2. The molecule has 0 aliphatic rings. The third-order valence-corrected chi connectivity index (χ3v) is 6.99. The highest BCUT2D eigenvalue weighted by Gasteiger charge is 2.12. The van der Waals surface area contributed by atoms with E-state index >= 15 is 0 Å². The smallest absolute Gasteiger partial charge is 0.343 e. The minimum absolute atomic E-state index is 0.220. The second-order valence-electron chi connectivity index (χ2n) is 10.7. The van der Waals surface area contributed by atoms with Crippen molar-refractivity contribution in [1.82, 2.24) is 5.43 Å². The summed E-state index contributed by atoms with van der Waals surface area (Å²) in [6.07, 6.45) is 4.08. The van der Waals surface area contributed by atoms with E-state index in [1.807, 2.05) is 38.1 Å². The molecule has 0 aliphatic carbocycles. The standard InChI is InChI=1S/C39H31N3O6/c1-26-14-16-30(17-15-26)39(46)48-34-12-5-3-9-28(34)20-23-36(43)47-35-13-6-4-10-32(35)25-40-42-38(45)29-18-21-33(22-19-29)41-37(44)31-11-7-8-27(2)24-31/h3-25H,1-2H3,(H,41,44)(H,42,45)/b23-20+,40-25+. The molecule has 0 unspecified atom stereocenters. The van der Waals surface area contributed by atoms with Crippen LogP contribution in [-0.2, 0) is 4.79 Å². The van der Waals surface area contributed by atoms with Gasteiger partial charge in [0.25, 0.3) is 11.8 Å². The maximum atomic E-state index is 12.7. The van der Waals surface area contributed by atoms with Crippen LogP contribution in [0.4, 0.5) is 5.69 Å². The molecular weight excluding hydrogens is 606 g/mol. The molecule has 2 amide bonds. The lowest BCUT2D eigenvalue weighted by atomic mass is 10.1. The van der Waals surface area contributed by atoms with Crippen molar-refractivity contribution < 1.29 is 28.7 Å². The lowest BCUT2D eigenvalue weighted by molar-refractivity contribution is -0.128. The van der Waals surface area contributed by atoms with Crippen molar-refractivity contribution in [1.29, 1.82) is 0 Å². The number of carbonyl (C=O) groups is 4. The van der Waals surface area contributed by atoms with Crippen LogP contribution in [0.5, 0.6) is 11.5 Å². The molecule has 0 atom stereocenters. The Labute approximate surface area is 277 Å². The maximum absolute atomic E-state index is 12.7. The molecule has 5 rings (SSSR count). The van der Waals surface area contributed by atoms with Crippen molar-refractivity contribution in [3.05, 3.63) is 166 Å². The molecule has 0 saturated carbocycles. The number of hydrogen-bond donors (Lipinski definition) is 2. The molecule has 9 nitrogen and oxygen atoms in total. The Hall–Kier alpha value is -6.61. The summed E-state index contributed by atoms with van der Waals surface area (Å²) in [7, 11) is 0. The third kappa shape index (κ3) is 8.98. The summed E-state index contributed by atoms with van der Waals surface area (Å²) >= 11 is 0. The maximum Gasteiger partial charge on any atom is 0.343 e. The molecule has 0 radical (unpaired) electrons. The predicted molar refractivity (Wildman–Crippen MR) is 184 cm³/mol. The van der Waals surface area contributed by atoms with E-state index in [9.17, 15) is 19.2 Å². The Bertz CT molecular complexity index is 2010. The number of aryl methyl sites for hydroxylation is 2. The number of nitrogens with one attached hydrogen (secondary N) is 2. The minimum atomic E-state index is -0.672. The molecule has 0 spiro atoms. The van der Waals surface area contributed by atoms with Crippen LogP contribution >= 0.6 is 0 Å². The molecule has 2 N–H and O–H groups in total. The second kappa shape index (κ2) is 15.6. The van der Waals surface area contributed by atoms with E-state index in [1.54, 1.807) is 97.1 Å². The quantitative estimate of drug-likeness (QED) is 0.0551. The average molecular weight is 638 g/mol. The van der Waals surface area contributed by atoms with Crippen LogP contribution in [0, 0.1) is 13.8 Å². The number of para-hydroxylation sites is 2. The first-order valence-corrected chi connectivity index (χ1v) is 14.9. The van der Waals surface area contributed by atoms with Gasteiger partial charge in [-0.3, -0.25) is 9.59 Å². The highest BCUT2D eigenvalue weighted by atomic mass is 16.5. The van der Waals surface area contributed by atoms with Gasteiger partial charge in [0.1, 0.15) is 11.5 Å². The van der Waals surface area contributed by atoms with Crippen molar-refractivity contribution in [2.75, 3.05) is 5.32 Å². The summed E-state index contributed by atoms with van der Waals surface area (Å²) in [4.78, 5) is 50.5. The fraction of sp³-hybridized carbons (Fsp3) is 0.0513. The van der Waals surface area contributed by atoms with Gasteiger partial charge in [0.2, 0.25) is 0 Å². The number of nitrogens with zero attached hydrogens (tertiary/aromatic N) is 1. The molecule has 5 aromatic rings. The summed E-state index contributed by atoms with van der Waals surface area (Å²) in [5.74, 6) is -1.40. The number of hydrazone groups is 1. The molecular formula is C39H31N3O6. The molecule has 0 saturated heterocycles. The Balaban J connectivity index is 1.17. The van der Waals surface area contributed by atoms with Gasteiger partial charge in [-0.2, -0.15) is 5.10 Å². The summed E-state index contributed by atoms with van der Waals surface area (Å²) in [5, 5.41) is 6.82. The SMILES string of the molecule is Cc1ccc(C(=O)Oc2ccccc2/C=C/C(=O)Oc2ccccc2/C=N/NC(=O)c2ccc(NC(=O)c3cccc(C)c3)cc2)cc1. The summed E-state index contributed by atoms with van der Waals surface area (Å²) in [5.41, 5.74) is 7.22. The van der Waals surface area contributed by atoms with Crippen LogP contribution in [-0.4, -0.2) is 30.0 Å². The highest BCUT2D eigenvalue weighted by molar-refractivity contribution is 6.04. The largest absolute Gasteiger partial charge is 0.423 e. The number of ether oxygens (including phenoxy) is 2. The van der Waals surface area contributed by atoms with Crippen molar-refractivity contribution in [2.24, 2.45) is 5.10 Å². The topological polar surface area (TPSA) is 123 Å². The number of anilines is 1. The van der Waals surface area contributed by atoms with Crippen molar-refractivity contribution in [2.45, 2.75) is 13.8 Å². The zero-order chi connectivity index (χ0) is 33.9. The third-order valence-electron chi connectivity index (χ3n) is 6.99. The van der Waals surface area contributed by atoms with Gasteiger partial charge in [0.15, 0.2) is 0 Å². The lowest BCUT2D eigenvalue weighted by Gasteiger charge is -2.08. The van der Waals surface area contributed by atoms with E-state index in [-0.39, 0.29) is 17.4 Å².